The fraction of sp³-hybridized carbons (Fsp3) is 0.355. The van der Waals surface area contributed by atoms with Crippen molar-refractivity contribution in [2.45, 2.75) is 63.1 Å². The molecule has 0 saturated heterocycles. The SMILES string of the molecule is COc1cccc(CN(C(=O)CN(c2ccc(C)cc2)S(=O)(=O)c2ccc(Cl)cc2)C(C)C(=O)NC2CCCC2)c1. The molecular formula is C31H36ClN3O5S. The van der Waals surface area contributed by atoms with Gasteiger partial charge in [-0.05, 0) is 80.8 Å². The molecule has 1 saturated carbocycles. The number of carbonyl (C=O) groups excluding carboxylic acids is 2. The average molecular weight is 598 g/mol. The molecule has 218 valence electrons. The summed E-state index contributed by atoms with van der Waals surface area (Å²) in [7, 11) is -2.60. The summed E-state index contributed by atoms with van der Waals surface area (Å²) in [5, 5.41) is 3.47. The topological polar surface area (TPSA) is 96.0 Å². The maximum atomic E-state index is 14.1. The molecule has 8 nitrogen and oxygen atoms in total. The summed E-state index contributed by atoms with van der Waals surface area (Å²) in [5.41, 5.74) is 2.03. The number of carbonyl (C=O) groups is 2. The van der Waals surface area contributed by atoms with Crippen molar-refractivity contribution in [2.75, 3.05) is 18.0 Å². The highest BCUT2D eigenvalue weighted by molar-refractivity contribution is 7.92. The van der Waals surface area contributed by atoms with E-state index in [1.165, 1.54) is 29.2 Å². The van der Waals surface area contributed by atoms with Crippen molar-refractivity contribution in [3.05, 3.63) is 88.9 Å². The highest BCUT2D eigenvalue weighted by Crippen LogP contribution is 2.26. The van der Waals surface area contributed by atoms with Crippen LogP contribution in [0.25, 0.3) is 0 Å². The number of nitrogens with one attached hydrogen (secondary N) is 1. The maximum absolute atomic E-state index is 14.1. The van der Waals surface area contributed by atoms with Gasteiger partial charge in [0.05, 0.1) is 17.7 Å². The number of hydrogen-bond acceptors (Lipinski definition) is 5. The van der Waals surface area contributed by atoms with E-state index in [1.807, 2.05) is 19.1 Å². The summed E-state index contributed by atoms with van der Waals surface area (Å²) in [6, 6.07) is 19.2. The normalized spacial score (nSPS) is 14.3. The third-order valence-corrected chi connectivity index (χ3v) is 9.40. The van der Waals surface area contributed by atoms with Gasteiger partial charge in [0.15, 0.2) is 0 Å². The van der Waals surface area contributed by atoms with E-state index in [1.54, 1.807) is 50.4 Å². The van der Waals surface area contributed by atoms with Gasteiger partial charge in [0.1, 0.15) is 18.3 Å². The summed E-state index contributed by atoms with van der Waals surface area (Å²) >= 11 is 6.01. The number of rotatable bonds is 11. The van der Waals surface area contributed by atoms with E-state index in [4.69, 9.17) is 16.3 Å². The first-order valence-electron chi connectivity index (χ1n) is 13.7. The van der Waals surface area contributed by atoms with Crippen LogP contribution in [0.5, 0.6) is 5.75 Å². The molecule has 1 atom stereocenters. The number of anilines is 1. The van der Waals surface area contributed by atoms with Crippen LogP contribution in [0.2, 0.25) is 5.02 Å². The monoisotopic (exact) mass is 597 g/mol. The van der Waals surface area contributed by atoms with Gasteiger partial charge in [0.2, 0.25) is 11.8 Å². The first-order valence-corrected chi connectivity index (χ1v) is 15.5. The van der Waals surface area contributed by atoms with Gasteiger partial charge >= 0.3 is 0 Å². The van der Waals surface area contributed by atoms with Crippen LogP contribution < -0.4 is 14.4 Å². The Balaban J connectivity index is 1.68. The van der Waals surface area contributed by atoms with Gasteiger partial charge in [-0.2, -0.15) is 0 Å². The predicted molar refractivity (Wildman–Crippen MR) is 161 cm³/mol. The maximum Gasteiger partial charge on any atom is 0.264 e. The predicted octanol–water partition coefficient (Wildman–Crippen LogP) is 5.33. The van der Waals surface area contributed by atoms with E-state index in [-0.39, 0.29) is 23.4 Å². The number of amides is 2. The average Bonchev–Trinajstić information content (AvgIpc) is 3.48. The summed E-state index contributed by atoms with van der Waals surface area (Å²) in [4.78, 5) is 28.8. The largest absolute Gasteiger partial charge is 0.497 e. The van der Waals surface area contributed by atoms with Gasteiger partial charge in [-0.15, -0.1) is 0 Å². The molecule has 0 spiro atoms. The number of aryl methyl sites for hydroxylation is 1. The van der Waals surface area contributed by atoms with E-state index < -0.39 is 28.5 Å². The fourth-order valence-corrected chi connectivity index (χ4v) is 6.46. The summed E-state index contributed by atoms with van der Waals surface area (Å²) in [6.07, 6.45) is 3.92. The lowest BCUT2D eigenvalue weighted by Gasteiger charge is -2.32. The van der Waals surface area contributed by atoms with Crippen LogP contribution in [0.15, 0.2) is 77.7 Å². The first-order chi connectivity index (χ1) is 19.6. The minimum Gasteiger partial charge on any atom is -0.497 e. The molecular weight excluding hydrogens is 562 g/mol. The van der Waals surface area contributed by atoms with Gasteiger partial charge in [0, 0.05) is 17.6 Å². The number of halogens is 1. The van der Waals surface area contributed by atoms with E-state index in [9.17, 15) is 18.0 Å². The molecule has 2 amide bonds. The minimum absolute atomic E-state index is 0.00152. The summed E-state index contributed by atoms with van der Waals surface area (Å²) in [6.45, 7) is 3.16. The van der Waals surface area contributed by atoms with Crippen LogP contribution in [0.1, 0.15) is 43.7 Å². The molecule has 1 unspecified atom stereocenters. The zero-order valence-corrected chi connectivity index (χ0v) is 25.1. The molecule has 1 N–H and O–H groups in total. The lowest BCUT2D eigenvalue weighted by Crippen LogP contribution is -2.52. The lowest BCUT2D eigenvalue weighted by molar-refractivity contribution is -0.139. The van der Waals surface area contributed by atoms with Gasteiger partial charge < -0.3 is 15.0 Å². The number of hydrogen-bond donors (Lipinski definition) is 1. The Morgan fingerprint density at radius 3 is 2.32 bits per heavy atom. The van der Waals surface area contributed by atoms with E-state index >= 15 is 0 Å². The van der Waals surface area contributed by atoms with Crippen LogP contribution in [0.4, 0.5) is 5.69 Å². The number of methoxy groups -OCH3 is 1. The van der Waals surface area contributed by atoms with E-state index in [0.29, 0.717) is 16.5 Å². The molecule has 3 aromatic rings. The van der Waals surface area contributed by atoms with E-state index in [0.717, 1.165) is 41.1 Å². The molecule has 0 radical (unpaired) electrons. The van der Waals surface area contributed by atoms with Gasteiger partial charge in [0.25, 0.3) is 10.0 Å². The number of sulfonamides is 1. The van der Waals surface area contributed by atoms with Crippen molar-refractivity contribution in [1.29, 1.82) is 0 Å². The van der Waals surface area contributed by atoms with Crippen molar-refractivity contribution in [1.82, 2.24) is 10.2 Å². The second kappa shape index (κ2) is 13.4. The third kappa shape index (κ3) is 7.59. The molecule has 4 rings (SSSR count). The van der Waals surface area contributed by atoms with Gasteiger partial charge in [-0.3, -0.25) is 13.9 Å². The summed E-state index contributed by atoms with van der Waals surface area (Å²) in [5.74, 6) is -0.167. The first kappa shape index (κ1) is 30.4. The Labute approximate surface area is 247 Å². The number of ether oxygens (including phenoxy) is 1. The van der Waals surface area contributed by atoms with Crippen molar-refractivity contribution in [2.24, 2.45) is 0 Å². The summed E-state index contributed by atoms with van der Waals surface area (Å²) < 4.78 is 34.2. The molecule has 0 aromatic heterocycles. The molecule has 0 aliphatic heterocycles. The minimum atomic E-state index is -4.15. The van der Waals surface area contributed by atoms with Gasteiger partial charge in [-0.25, -0.2) is 8.42 Å². The van der Waals surface area contributed by atoms with Crippen LogP contribution in [-0.2, 0) is 26.2 Å². The Hall–Kier alpha value is -3.56. The van der Waals surface area contributed by atoms with Crippen molar-refractivity contribution >= 4 is 39.1 Å². The smallest absolute Gasteiger partial charge is 0.264 e. The number of nitrogens with zero attached hydrogens (tertiary/aromatic N) is 2. The molecule has 0 bridgehead atoms. The molecule has 10 heteroatoms. The van der Waals surface area contributed by atoms with Crippen LogP contribution in [0, 0.1) is 6.92 Å². The van der Waals surface area contributed by atoms with E-state index in [2.05, 4.69) is 5.32 Å². The standard InChI is InChI=1S/C31H36ClN3O5S/c1-22-11-15-27(16-12-22)35(41(38,39)29-17-13-25(32)14-18-29)21-30(36)34(20-24-7-6-10-28(19-24)40-3)23(2)31(37)33-26-8-4-5-9-26/h6-7,10-19,23,26H,4-5,8-9,20-21H2,1-3H3,(H,33,37). The Bertz CT molecular complexity index is 1460. The van der Waals surface area contributed by atoms with Crippen LogP contribution in [-0.4, -0.2) is 50.9 Å². The highest BCUT2D eigenvalue weighted by Gasteiger charge is 2.33. The lowest BCUT2D eigenvalue weighted by atomic mass is 10.1. The molecule has 1 aliphatic rings. The number of benzene rings is 3. The van der Waals surface area contributed by atoms with Crippen LogP contribution >= 0.6 is 11.6 Å². The quantitative estimate of drug-likeness (QED) is 0.322. The van der Waals surface area contributed by atoms with Crippen molar-refractivity contribution in [3.8, 4) is 5.75 Å². The molecule has 3 aromatic carbocycles. The Morgan fingerprint density at radius 2 is 1.68 bits per heavy atom. The Morgan fingerprint density at radius 1 is 1.02 bits per heavy atom. The highest BCUT2D eigenvalue weighted by atomic mass is 35.5. The van der Waals surface area contributed by atoms with Crippen molar-refractivity contribution < 1.29 is 22.7 Å². The third-order valence-electron chi connectivity index (χ3n) is 7.36. The molecule has 0 heterocycles. The van der Waals surface area contributed by atoms with Crippen molar-refractivity contribution in [3.63, 3.8) is 0 Å². The fourth-order valence-electron chi connectivity index (χ4n) is 4.92. The van der Waals surface area contributed by atoms with Crippen LogP contribution in [0.3, 0.4) is 0 Å². The zero-order chi connectivity index (χ0) is 29.6. The molecule has 1 fully saturated rings. The van der Waals surface area contributed by atoms with Gasteiger partial charge in [-0.1, -0.05) is 54.3 Å². The molecule has 41 heavy (non-hydrogen) atoms. The second-order valence-corrected chi connectivity index (χ2v) is 12.6. The zero-order valence-electron chi connectivity index (χ0n) is 23.5. The molecule has 1 aliphatic carbocycles. The second-order valence-electron chi connectivity index (χ2n) is 10.3. The Kier molecular flexibility index (Phi) is 9.94.